The summed E-state index contributed by atoms with van der Waals surface area (Å²) in [5.41, 5.74) is -3.81. The summed E-state index contributed by atoms with van der Waals surface area (Å²) in [6, 6.07) is -0.0252. The van der Waals surface area contributed by atoms with Crippen molar-refractivity contribution in [3.8, 4) is 0 Å². The van der Waals surface area contributed by atoms with Crippen molar-refractivity contribution >= 4 is 17.7 Å². The number of carbonyl (C=O) groups is 1. The first kappa shape index (κ1) is 23.2. The van der Waals surface area contributed by atoms with Gasteiger partial charge in [-0.1, -0.05) is 0 Å². The number of hydrogen-bond donors (Lipinski definition) is 1. The van der Waals surface area contributed by atoms with E-state index in [0.717, 1.165) is 25.9 Å². The van der Waals surface area contributed by atoms with Crippen molar-refractivity contribution < 1.29 is 35.9 Å². The van der Waals surface area contributed by atoms with Crippen LogP contribution in [0, 0.1) is 0 Å². The Kier molecular flexibility index (Phi) is 6.93. The van der Waals surface area contributed by atoms with Crippen LogP contribution in [0.15, 0.2) is 17.0 Å². The second-order valence-corrected chi connectivity index (χ2v) is 8.20. The number of amides is 1. The number of nitrogens with zero attached hydrogens (tertiary/aromatic N) is 1. The van der Waals surface area contributed by atoms with Crippen molar-refractivity contribution in [1.29, 1.82) is 0 Å². The molecule has 1 amide bonds. The minimum Gasteiger partial charge on any atom is -0.379 e. The molecule has 168 valence electrons. The van der Waals surface area contributed by atoms with E-state index >= 15 is 0 Å². The zero-order chi connectivity index (χ0) is 22.1. The number of likely N-dealkylation sites (tertiary alicyclic amines) is 1. The molecule has 1 aromatic rings. The van der Waals surface area contributed by atoms with Crippen LogP contribution in [0.3, 0.4) is 0 Å². The number of rotatable bonds is 4. The van der Waals surface area contributed by atoms with E-state index < -0.39 is 41.0 Å². The molecule has 2 aliphatic heterocycles. The molecule has 0 bridgehead atoms. The highest BCUT2D eigenvalue weighted by molar-refractivity contribution is 7.98. The number of benzene rings is 1. The Morgan fingerprint density at radius 3 is 2.37 bits per heavy atom. The summed E-state index contributed by atoms with van der Waals surface area (Å²) in [6.45, 7) is 2.30. The van der Waals surface area contributed by atoms with Crippen LogP contribution in [-0.4, -0.2) is 55.4 Å². The summed E-state index contributed by atoms with van der Waals surface area (Å²) >= 11 is 0.670. The van der Waals surface area contributed by atoms with Crippen LogP contribution >= 0.6 is 11.8 Å². The Bertz CT molecular complexity index is 778. The van der Waals surface area contributed by atoms with Gasteiger partial charge >= 0.3 is 12.4 Å². The molecule has 2 saturated heterocycles. The average Bonchev–Trinajstić information content (AvgIpc) is 3.20. The van der Waals surface area contributed by atoms with Gasteiger partial charge in [0.15, 0.2) is 0 Å². The second-order valence-electron chi connectivity index (χ2n) is 7.35. The maximum Gasteiger partial charge on any atom is 0.417 e. The van der Waals surface area contributed by atoms with E-state index in [1.165, 1.54) is 6.26 Å². The van der Waals surface area contributed by atoms with E-state index in [4.69, 9.17) is 4.74 Å². The molecule has 30 heavy (non-hydrogen) atoms. The predicted molar refractivity (Wildman–Crippen MR) is 99.5 cm³/mol. The lowest BCUT2D eigenvalue weighted by Crippen LogP contribution is -2.56. The predicted octanol–water partition coefficient (Wildman–Crippen LogP) is 4.43. The van der Waals surface area contributed by atoms with E-state index in [1.54, 1.807) is 0 Å². The van der Waals surface area contributed by atoms with Crippen molar-refractivity contribution in [2.24, 2.45) is 0 Å². The molecule has 3 rings (SSSR count). The molecule has 1 N–H and O–H groups in total. The zero-order valence-corrected chi connectivity index (χ0v) is 17.0. The van der Waals surface area contributed by atoms with Crippen LogP contribution < -0.4 is 5.32 Å². The molecular formula is C19H22F6N2O2S. The number of hydrogen-bond acceptors (Lipinski definition) is 4. The van der Waals surface area contributed by atoms with E-state index in [2.05, 4.69) is 10.2 Å². The van der Waals surface area contributed by atoms with Crippen LogP contribution in [0.5, 0.6) is 0 Å². The van der Waals surface area contributed by atoms with Crippen LogP contribution in [-0.2, 0) is 17.1 Å². The van der Waals surface area contributed by atoms with Crippen LogP contribution in [0.2, 0.25) is 0 Å². The van der Waals surface area contributed by atoms with E-state index in [1.807, 2.05) is 0 Å². The highest BCUT2D eigenvalue weighted by Gasteiger charge is 2.42. The first-order valence-corrected chi connectivity index (χ1v) is 10.7. The van der Waals surface area contributed by atoms with Crippen molar-refractivity contribution in [2.75, 3.05) is 32.6 Å². The molecule has 0 aromatic heterocycles. The lowest BCUT2D eigenvalue weighted by molar-refractivity contribution is -0.143. The average molecular weight is 456 g/mol. The molecule has 2 aliphatic rings. The Labute approximate surface area is 174 Å². The highest BCUT2D eigenvalue weighted by atomic mass is 32.2. The molecule has 0 radical (unpaired) electrons. The van der Waals surface area contributed by atoms with Gasteiger partial charge < -0.3 is 10.1 Å². The largest absolute Gasteiger partial charge is 0.417 e. The fourth-order valence-corrected chi connectivity index (χ4v) is 4.66. The number of halogens is 6. The van der Waals surface area contributed by atoms with Crippen LogP contribution in [0.25, 0.3) is 0 Å². The third-order valence-electron chi connectivity index (χ3n) is 5.43. The topological polar surface area (TPSA) is 41.6 Å². The van der Waals surface area contributed by atoms with Gasteiger partial charge in [-0.3, -0.25) is 9.69 Å². The number of carbonyl (C=O) groups excluding carboxylic acids is 1. The molecule has 0 saturated carbocycles. The molecule has 11 heteroatoms. The van der Waals surface area contributed by atoms with Gasteiger partial charge in [0, 0.05) is 17.5 Å². The molecular weight excluding hydrogens is 434 g/mol. The fourth-order valence-electron chi connectivity index (χ4n) is 4.01. The number of nitrogens with one attached hydrogen (secondary N) is 1. The standard InChI is InChI=1S/C19H22F6N2O2S/c1-30-15-9-11(18(20,21)22)8-12(19(23,24)25)16(15)17(28)26-13-10-29-7-4-14(13)27-5-2-3-6-27/h8-9,13-14H,2-7,10H2,1H3,(H,26,28)/t13-,14+/m0/s1. The lowest BCUT2D eigenvalue weighted by atomic mass is 9.99. The normalized spacial score (nSPS) is 23.6. The van der Waals surface area contributed by atoms with Gasteiger partial charge in [0.25, 0.3) is 5.91 Å². The fraction of sp³-hybridized carbons (Fsp3) is 0.632. The maximum atomic E-state index is 13.6. The molecule has 0 spiro atoms. The monoisotopic (exact) mass is 456 g/mol. The number of ether oxygens (including phenoxy) is 1. The molecule has 4 nitrogen and oxygen atoms in total. The quantitative estimate of drug-likeness (QED) is 0.538. The first-order chi connectivity index (χ1) is 14.0. The third kappa shape index (κ3) is 5.05. The van der Waals surface area contributed by atoms with Crippen molar-refractivity contribution in [3.63, 3.8) is 0 Å². The third-order valence-corrected chi connectivity index (χ3v) is 6.19. The summed E-state index contributed by atoms with van der Waals surface area (Å²) in [5, 5.41) is 2.61. The Morgan fingerprint density at radius 2 is 1.80 bits per heavy atom. The highest BCUT2D eigenvalue weighted by Crippen LogP contribution is 2.41. The van der Waals surface area contributed by atoms with Crippen LogP contribution in [0.4, 0.5) is 26.3 Å². The smallest absolute Gasteiger partial charge is 0.379 e. The molecule has 0 aliphatic carbocycles. The Morgan fingerprint density at radius 1 is 1.13 bits per heavy atom. The Hall–Kier alpha value is -1.46. The van der Waals surface area contributed by atoms with Gasteiger partial charge in [0.1, 0.15) is 0 Å². The molecule has 2 atom stereocenters. The van der Waals surface area contributed by atoms with Crippen molar-refractivity contribution in [2.45, 2.75) is 48.6 Å². The van der Waals surface area contributed by atoms with Gasteiger partial charge in [-0.2, -0.15) is 26.3 Å². The Balaban J connectivity index is 1.95. The summed E-state index contributed by atoms with van der Waals surface area (Å²) in [7, 11) is 0. The van der Waals surface area contributed by atoms with Gasteiger partial charge in [-0.15, -0.1) is 11.8 Å². The van der Waals surface area contributed by atoms with Gasteiger partial charge in [0.05, 0.1) is 29.3 Å². The summed E-state index contributed by atoms with van der Waals surface area (Å²) < 4.78 is 85.5. The number of thioether (sulfide) groups is 1. The lowest BCUT2D eigenvalue weighted by Gasteiger charge is -2.38. The first-order valence-electron chi connectivity index (χ1n) is 9.51. The van der Waals surface area contributed by atoms with Crippen molar-refractivity contribution in [1.82, 2.24) is 10.2 Å². The minimum absolute atomic E-state index is 0.00393. The number of alkyl halides is 6. The van der Waals surface area contributed by atoms with Crippen molar-refractivity contribution in [3.05, 3.63) is 28.8 Å². The molecule has 1 aromatic carbocycles. The molecule has 2 fully saturated rings. The van der Waals surface area contributed by atoms with Gasteiger partial charge in [-0.05, 0) is 50.7 Å². The van der Waals surface area contributed by atoms with E-state index in [0.29, 0.717) is 30.9 Å². The molecule has 0 unspecified atom stereocenters. The van der Waals surface area contributed by atoms with Crippen LogP contribution in [0.1, 0.15) is 40.7 Å². The zero-order valence-electron chi connectivity index (χ0n) is 16.2. The van der Waals surface area contributed by atoms with Gasteiger partial charge in [-0.25, -0.2) is 0 Å². The minimum atomic E-state index is -5.12. The summed E-state index contributed by atoms with van der Waals surface area (Å²) in [5.74, 6) is -1.04. The van der Waals surface area contributed by atoms with E-state index in [-0.39, 0.29) is 23.6 Å². The summed E-state index contributed by atoms with van der Waals surface area (Å²) in [4.78, 5) is 14.7. The maximum absolute atomic E-state index is 13.6. The SMILES string of the molecule is CSc1cc(C(F)(F)F)cc(C(F)(F)F)c1C(=O)N[C@H]1COCC[C@H]1N1CCCC1. The molecule has 2 heterocycles. The van der Waals surface area contributed by atoms with E-state index in [9.17, 15) is 31.1 Å². The van der Waals surface area contributed by atoms with Gasteiger partial charge in [0.2, 0.25) is 0 Å². The summed E-state index contributed by atoms with van der Waals surface area (Å²) in [6.07, 6.45) is -6.10. The second kappa shape index (κ2) is 8.96.